The van der Waals surface area contributed by atoms with Crippen LogP contribution in [-0.2, 0) is 0 Å². The predicted molar refractivity (Wildman–Crippen MR) is 69.3 cm³/mol. The van der Waals surface area contributed by atoms with Crippen LogP contribution in [0.3, 0.4) is 0 Å². The van der Waals surface area contributed by atoms with Crippen molar-refractivity contribution < 1.29 is 4.79 Å². The lowest BCUT2D eigenvalue weighted by molar-refractivity contribution is 0.0943. The molecule has 5 heteroatoms. The number of hydrogen-bond donors (Lipinski definition) is 2. The minimum Gasteiger partial charge on any atom is -0.373 e. The molecule has 0 saturated heterocycles. The van der Waals surface area contributed by atoms with Gasteiger partial charge >= 0.3 is 0 Å². The Morgan fingerprint density at radius 2 is 2.18 bits per heavy atom. The van der Waals surface area contributed by atoms with Crippen LogP contribution in [0.1, 0.15) is 17.3 Å². The molecule has 0 spiro atoms. The molecule has 0 aliphatic carbocycles. The first-order valence-electron chi connectivity index (χ1n) is 5.63. The largest absolute Gasteiger partial charge is 0.373 e. The molecule has 1 aromatic rings. The maximum atomic E-state index is 11.8. The van der Waals surface area contributed by atoms with E-state index in [9.17, 15) is 4.79 Å². The first kappa shape index (κ1) is 13.4. The van der Waals surface area contributed by atoms with Crippen molar-refractivity contribution in [3.63, 3.8) is 0 Å². The molecular weight excluding hydrogens is 216 g/mol. The molecule has 1 heterocycles. The summed E-state index contributed by atoms with van der Waals surface area (Å²) >= 11 is 0. The average Bonchev–Trinajstić information content (AvgIpc) is 2.35. The summed E-state index contributed by atoms with van der Waals surface area (Å²) in [4.78, 5) is 17.9. The van der Waals surface area contributed by atoms with Crippen LogP contribution in [0.15, 0.2) is 18.3 Å². The Bertz CT molecular complexity index is 361. The van der Waals surface area contributed by atoms with Gasteiger partial charge < -0.3 is 15.5 Å². The molecular formula is C12H20N4O. The van der Waals surface area contributed by atoms with Crippen LogP contribution in [0.2, 0.25) is 0 Å². The molecule has 1 amide bonds. The number of carbonyl (C=O) groups excluding carboxylic acids is 1. The number of hydrogen-bond acceptors (Lipinski definition) is 4. The lowest BCUT2D eigenvalue weighted by Gasteiger charge is -2.19. The quantitative estimate of drug-likeness (QED) is 0.794. The molecule has 1 atom stereocenters. The van der Waals surface area contributed by atoms with Gasteiger partial charge in [-0.3, -0.25) is 4.79 Å². The number of pyridine rings is 1. The third-order valence-electron chi connectivity index (χ3n) is 2.72. The monoisotopic (exact) mass is 236 g/mol. The normalized spacial score (nSPS) is 12.3. The summed E-state index contributed by atoms with van der Waals surface area (Å²) in [6.45, 7) is 2.68. The lowest BCUT2D eigenvalue weighted by atomic mass is 10.2. The second-order valence-electron chi connectivity index (χ2n) is 4.20. The van der Waals surface area contributed by atoms with E-state index in [1.807, 2.05) is 14.1 Å². The zero-order valence-electron chi connectivity index (χ0n) is 10.8. The van der Waals surface area contributed by atoms with Crippen molar-refractivity contribution in [2.75, 3.05) is 33.0 Å². The minimum absolute atomic E-state index is 0.0890. The van der Waals surface area contributed by atoms with Crippen LogP contribution in [0.5, 0.6) is 0 Å². The van der Waals surface area contributed by atoms with Crippen LogP contribution >= 0.6 is 0 Å². The van der Waals surface area contributed by atoms with Gasteiger partial charge in [0.25, 0.3) is 5.91 Å². The van der Waals surface area contributed by atoms with Crippen LogP contribution in [-0.4, -0.2) is 49.5 Å². The molecule has 5 nitrogen and oxygen atoms in total. The average molecular weight is 236 g/mol. The van der Waals surface area contributed by atoms with Crippen molar-refractivity contribution in [1.82, 2.24) is 15.2 Å². The zero-order valence-corrected chi connectivity index (χ0v) is 10.8. The Hall–Kier alpha value is -1.62. The summed E-state index contributed by atoms with van der Waals surface area (Å²) in [6, 6.07) is 3.85. The third kappa shape index (κ3) is 4.03. The molecule has 0 fully saturated rings. The first-order chi connectivity index (χ1) is 8.04. The third-order valence-corrected chi connectivity index (χ3v) is 2.72. The number of aromatic nitrogens is 1. The van der Waals surface area contributed by atoms with Gasteiger partial charge in [0.1, 0.15) is 5.82 Å². The number of nitrogens with one attached hydrogen (secondary N) is 2. The molecule has 1 aromatic heterocycles. The van der Waals surface area contributed by atoms with Crippen molar-refractivity contribution in [1.29, 1.82) is 0 Å². The van der Waals surface area contributed by atoms with E-state index in [-0.39, 0.29) is 5.91 Å². The standard InChI is InChI=1S/C12H20N4O/c1-9(16(3)4)7-15-12(17)10-5-6-11(13-2)14-8-10/h5-6,8-9H,7H2,1-4H3,(H,13,14)(H,15,17). The van der Waals surface area contributed by atoms with Crippen LogP contribution in [0.25, 0.3) is 0 Å². The van der Waals surface area contributed by atoms with Gasteiger partial charge in [-0.15, -0.1) is 0 Å². The second-order valence-corrected chi connectivity index (χ2v) is 4.20. The number of rotatable bonds is 5. The highest BCUT2D eigenvalue weighted by atomic mass is 16.1. The fourth-order valence-electron chi connectivity index (χ4n) is 1.20. The smallest absolute Gasteiger partial charge is 0.252 e. The van der Waals surface area contributed by atoms with Gasteiger partial charge in [-0.1, -0.05) is 0 Å². The highest BCUT2D eigenvalue weighted by Gasteiger charge is 2.09. The molecule has 2 N–H and O–H groups in total. The molecule has 94 valence electrons. The van der Waals surface area contributed by atoms with Crippen LogP contribution < -0.4 is 10.6 Å². The second kappa shape index (κ2) is 6.20. The molecule has 0 radical (unpaired) electrons. The van der Waals surface area contributed by atoms with E-state index < -0.39 is 0 Å². The van der Waals surface area contributed by atoms with Crippen molar-refractivity contribution in [2.45, 2.75) is 13.0 Å². The molecule has 0 aromatic carbocycles. The van der Waals surface area contributed by atoms with Crippen molar-refractivity contribution in [2.24, 2.45) is 0 Å². The lowest BCUT2D eigenvalue weighted by Crippen LogP contribution is -2.38. The maximum Gasteiger partial charge on any atom is 0.252 e. The summed E-state index contributed by atoms with van der Waals surface area (Å²) in [5.74, 6) is 0.664. The minimum atomic E-state index is -0.0890. The van der Waals surface area contributed by atoms with E-state index >= 15 is 0 Å². The number of anilines is 1. The number of likely N-dealkylation sites (N-methyl/N-ethyl adjacent to an activating group) is 1. The van der Waals surface area contributed by atoms with Gasteiger partial charge in [-0.2, -0.15) is 0 Å². The summed E-state index contributed by atoms with van der Waals surface area (Å²) in [5.41, 5.74) is 0.579. The van der Waals surface area contributed by atoms with E-state index in [0.29, 0.717) is 18.2 Å². The van der Waals surface area contributed by atoms with Gasteiger partial charge in [0, 0.05) is 25.8 Å². The number of nitrogens with zero attached hydrogens (tertiary/aromatic N) is 2. The zero-order chi connectivity index (χ0) is 12.8. The van der Waals surface area contributed by atoms with E-state index in [2.05, 4.69) is 27.4 Å². The molecule has 0 aliphatic heterocycles. The first-order valence-corrected chi connectivity index (χ1v) is 5.63. The van der Waals surface area contributed by atoms with E-state index in [1.54, 1.807) is 25.4 Å². The van der Waals surface area contributed by atoms with E-state index in [1.165, 1.54) is 0 Å². The van der Waals surface area contributed by atoms with Crippen molar-refractivity contribution >= 4 is 11.7 Å². The molecule has 1 unspecified atom stereocenters. The Kier molecular flexibility index (Phi) is 4.90. The maximum absolute atomic E-state index is 11.8. The van der Waals surface area contributed by atoms with Crippen LogP contribution in [0, 0.1) is 0 Å². The van der Waals surface area contributed by atoms with E-state index in [0.717, 1.165) is 5.82 Å². The van der Waals surface area contributed by atoms with Crippen molar-refractivity contribution in [3.8, 4) is 0 Å². The van der Waals surface area contributed by atoms with Gasteiger partial charge in [0.15, 0.2) is 0 Å². The topological polar surface area (TPSA) is 57.3 Å². The molecule has 0 saturated carbocycles. The SMILES string of the molecule is CNc1ccc(C(=O)NCC(C)N(C)C)cn1. The highest BCUT2D eigenvalue weighted by molar-refractivity contribution is 5.94. The highest BCUT2D eigenvalue weighted by Crippen LogP contribution is 2.03. The van der Waals surface area contributed by atoms with Gasteiger partial charge in [0.2, 0.25) is 0 Å². The summed E-state index contributed by atoms with van der Waals surface area (Å²) in [6.07, 6.45) is 1.57. The molecule has 0 aliphatic rings. The van der Waals surface area contributed by atoms with Gasteiger partial charge in [-0.25, -0.2) is 4.98 Å². The fourth-order valence-corrected chi connectivity index (χ4v) is 1.20. The summed E-state index contributed by atoms with van der Waals surface area (Å²) in [5, 5.41) is 5.79. The Morgan fingerprint density at radius 1 is 1.47 bits per heavy atom. The number of carbonyl (C=O) groups is 1. The van der Waals surface area contributed by atoms with Gasteiger partial charge in [-0.05, 0) is 33.2 Å². The molecule has 0 bridgehead atoms. The Balaban J connectivity index is 2.52. The fraction of sp³-hybridized carbons (Fsp3) is 0.500. The Labute approximate surface area is 102 Å². The molecule has 1 rings (SSSR count). The Morgan fingerprint density at radius 3 is 2.65 bits per heavy atom. The van der Waals surface area contributed by atoms with Gasteiger partial charge in [0.05, 0.1) is 5.56 Å². The predicted octanol–water partition coefficient (Wildman–Crippen LogP) is 0.803. The van der Waals surface area contributed by atoms with Crippen LogP contribution in [0.4, 0.5) is 5.82 Å². The van der Waals surface area contributed by atoms with E-state index in [4.69, 9.17) is 0 Å². The summed E-state index contributed by atoms with van der Waals surface area (Å²) < 4.78 is 0. The number of amides is 1. The summed E-state index contributed by atoms with van der Waals surface area (Å²) in [7, 11) is 5.76. The van der Waals surface area contributed by atoms with Crippen molar-refractivity contribution in [3.05, 3.63) is 23.9 Å². The molecule has 17 heavy (non-hydrogen) atoms.